The first-order chi connectivity index (χ1) is 11.2. The fourth-order valence-electron chi connectivity index (χ4n) is 3.84. The quantitative estimate of drug-likeness (QED) is 0.843. The Morgan fingerprint density at radius 2 is 1.96 bits per heavy atom. The lowest BCUT2D eigenvalue weighted by atomic mass is 10.0. The van der Waals surface area contributed by atoms with Gasteiger partial charge >= 0.3 is 0 Å². The van der Waals surface area contributed by atoms with Gasteiger partial charge in [-0.25, -0.2) is 0 Å². The molecule has 0 radical (unpaired) electrons. The number of hydrogen-bond acceptors (Lipinski definition) is 5. The predicted octanol–water partition coefficient (Wildman–Crippen LogP) is 1.40. The van der Waals surface area contributed by atoms with Gasteiger partial charge in [0.05, 0.1) is 0 Å². The van der Waals surface area contributed by atoms with E-state index in [0.29, 0.717) is 17.7 Å². The highest BCUT2D eigenvalue weighted by Crippen LogP contribution is 2.40. The molecule has 23 heavy (non-hydrogen) atoms. The fraction of sp³-hybridized carbons (Fsp3) is 0.765. The summed E-state index contributed by atoms with van der Waals surface area (Å²) in [5.74, 6) is 1.42. The van der Waals surface area contributed by atoms with Crippen LogP contribution in [0.2, 0.25) is 0 Å². The first-order valence-electron chi connectivity index (χ1n) is 8.89. The van der Waals surface area contributed by atoms with Crippen LogP contribution < -0.4 is 0 Å². The Balaban J connectivity index is 1.32. The summed E-state index contributed by atoms with van der Waals surface area (Å²) in [7, 11) is 2.20. The average molecular weight is 318 g/mol. The van der Waals surface area contributed by atoms with Gasteiger partial charge in [-0.05, 0) is 39.3 Å². The number of piperazine rings is 1. The first-order valence-corrected chi connectivity index (χ1v) is 8.89. The number of piperidine rings is 1. The van der Waals surface area contributed by atoms with Gasteiger partial charge < -0.3 is 14.3 Å². The second kappa shape index (κ2) is 6.24. The maximum atomic E-state index is 12.6. The molecule has 6 nitrogen and oxygen atoms in total. The molecule has 3 aliphatic rings. The highest BCUT2D eigenvalue weighted by molar-refractivity contribution is 5.92. The summed E-state index contributed by atoms with van der Waals surface area (Å²) in [5, 5.41) is 3.98. The summed E-state index contributed by atoms with van der Waals surface area (Å²) >= 11 is 0. The Labute approximate surface area is 137 Å². The molecule has 2 aliphatic heterocycles. The fourth-order valence-corrected chi connectivity index (χ4v) is 3.84. The molecule has 1 aromatic rings. The number of likely N-dealkylation sites (N-methyl/N-ethyl adjacent to an activating group) is 1. The molecule has 0 bridgehead atoms. The van der Waals surface area contributed by atoms with Gasteiger partial charge in [0.15, 0.2) is 5.69 Å². The van der Waals surface area contributed by atoms with Crippen molar-refractivity contribution < 1.29 is 9.32 Å². The Morgan fingerprint density at radius 3 is 2.65 bits per heavy atom. The Morgan fingerprint density at radius 1 is 1.17 bits per heavy atom. The van der Waals surface area contributed by atoms with Gasteiger partial charge in [0.2, 0.25) is 0 Å². The van der Waals surface area contributed by atoms with E-state index in [-0.39, 0.29) is 5.91 Å². The van der Waals surface area contributed by atoms with Crippen molar-refractivity contribution in [3.05, 3.63) is 17.5 Å². The van der Waals surface area contributed by atoms with Crippen LogP contribution in [0.25, 0.3) is 0 Å². The maximum absolute atomic E-state index is 12.6. The van der Waals surface area contributed by atoms with Crippen LogP contribution in [0.15, 0.2) is 10.6 Å². The average Bonchev–Trinajstić information content (AvgIpc) is 3.32. The van der Waals surface area contributed by atoms with Crippen LogP contribution in [0, 0.1) is 0 Å². The van der Waals surface area contributed by atoms with Crippen molar-refractivity contribution in [1.82, 2.24) is 19.9 Å². The minimum absolute atomic E-state index is 0.0288. The molecule has 1 aliphatic carbocycles. The Kier molecular flexibility index (Phi) is 4.11. The number of rotatable bonds is 3. The van der Waals surface area contributed by atoms with Gasteiger partial charge in [0.1, 0.15) is 5.76 Å². The molecule has 4 rings (SSSR count). The van der Waals surface area contributed by atoms with E-state index in [1.54, 1.807) is 0 Å². The van der Waals surface area contributed by atoms with E-state index in [1.165, 1.54) is 19.4 Å². The largest absolute Gasteiger partial charge is 0.360 e. The van der Waals surface area contributed by atoms with E-state index in [4.69, 9.17) is 4.52 Å². The van der Waals surface area contributed by atoms with Gasteiger partial charge in [-0.15, -0.1) is 0 Å². The van der Waals surface area contributed by atoms with E-state index >= 15 is 0 Å². The van der Waals surface area contributed by atoms with Gasteiger partial charge in [-0.1, -0.05) is 5.16 Å². The zero-order valence-electron chi connectivity index (χ0n) is 13.9. The molecule has 1 saturated carbocycles. The minimum atomic E-state index is 0.0288. The van der Waals surface area contributed by atoms with Gasteiger partial charge in [0, 0.05) is 50.7 Å². The summed E-state index contributed by atoms with van der Waals surface area (Å²) in [6, 6.07) is 2.50. The molecule has 1 unspecified atom stereocenters. The second-order valence-electron chi connectivity index (χ2n) is 7.28. The van der Waals surface area contributed by atoms with Crippen LogP contribution in [0.3, 0.4) is 0 Å². The molecule has 3 fully saturated rings. The number of likely N-dealkylation sites (tertiary alicyclic amines) is 1. The molecule has 2 saturated heterocycles. The number of carbonyl (C=O) groups is 1. The lowest BCUT2D eigenvalue weighted by Gasteiger charge is -2.42. The third kappa shape index (κ3) is 3.28. The third-order valence-corrected chi connectivity index (χ3v) is 5.44. The van der Waals surface area contributed by atoms with Gasteiger partial charge in [-0.3, -0.25) is 9.69 Å². The lowest BCUT2D eigenvalue weighted by molar-refractivity contribution is 0.0445. The molecule has 0 spiro atoms. The van der Waals surface area contributed by atoms with Gasteiger partial charge in [-0.2, -0.15) is 0 Å². The van der Waals surface area contributed by atoms with Crippen LogP contribution in [0.5, 0.6) is 0 Å². The molecule has 0 N–H and O–H groups in total. The van der Waals surface area contributed by atoms with Crippen LogP contribution in [0.4, 0.5) is 0 Å². The number of hydrogen-bond donors (Lipinski definition) is 0. The number of nitrogens with zero attached hydrogens (tertiary/aromatic N) is 4. The van der Waals surface area contributed by atoms with Crippen LogP contribution in [0.1, 0.15) is 47.8 Å². The summed E-state index contributed by atoms with van der Waals surface area (Å²) in [6.07, 6.45) is 4.89. The first kappa shape index (κ1) is 15.1. The van der Waals surface area contributed by atoms with Crippen molar-refractivity contribution in [2.45, 2.75) is 37.6 Å². The van der Waals surface area contributed by atoms with E-state index in [2.05, 4.69) is 22.0 Å². The van der Waals surface area contributed by atoms with Crippen molar-refractivity contribution in [1.29, 1.82) is 0 Å². The normalized spacial score (nSPS) is 27.3. The van der Waals surface area contributed by atoms with Gasteiger partial charge in [0.25, 0.3) is 5.91 Å². The second-order valence-corrected chi connectivity index (χ2v) is 7.28. The van der Waals surface area contributed by atoms with E-state index in [0.717, 1.165) is 51.3 Å². The molecule has 6 heteroatoms. The van der Waals surface area contributed by atoms with Crippen molar-refractivity contribution in [3.63, 3.8) is 0 Å². The van der Waals surface area contributed by atoms with E-state index in [1.807, 2.05) is 11.0 Å². The zero-order chi connectivity index (χ0) is 15.8. The van der Waals surface area contributed by atoms with E-state index in [9.17, 15) is 4.79 Å². The molecule has 1 aromatic heterocycles. The maximum Gasteiger partial charge on any atom is 0.276 e. The molecular formula is C17H26N4O2. The minimum Gasteiger partial charge on any atom is -0.360 e. The highest BCUT2D eigenvalue weighted by Gasteiger charge is 2.32. The summed E-state index contributed by atoms with van der Waals surface area (Å²) in [5.41, 5.74) is 0.484. The highest BCUT2D eigenvalue weighted by atomic mass is 16.5. The zero-order valence-corrected chi connectivity index (χ0v) is 13.9. The number of aromatic nitrogens is 1. The molecule has 3 heterocycles. The van der Waals surface area contributed by atoms with Crippen LogP contribution >= 0.6 is 0 Å². The van der Waals surface area contributed by atoms with Crippen LogP contribution in [-0.4, -0.2) is 78.1 Å². The Hall–Kier alpha value is -1.40. The number of amides is 1. The topological polar surface area (TPSA) is 52.8 Å². The summed E-state index contributed by atoms with van der Waals surface area (Å²) < 4.78 is 5.32. The monoisotopic (exact) mass is 318 g/mol. The summed E-state index contributed by atoms with van der Waals surface area (Å²) in [6.45, 7) is 5.90. The van der Waals surface area contributed by atoms with Crippen molar-refractivity contribution in [2.24, 2.45) is 0 Å². The van der Waals surface area contributed by atoms with Crippen molar-refractivity contribution >= 4 is 5.91 Å². The lowest BCUT2D eigenvalue weighted by Crippen LogP contribution is -2.55. The predicted molar refractivity (Wildman–Crippen MR) is 86.5 cm³/mol. The Bertz CT molecular complexity index is 561. The molecule has 1 atom stereocenters. The molecular weight excluding hydrogens is 292 g/mol. The molecule has 0 aromatic carbocycles. The number of carbonyl (C=O) groups excluding carboxylic acids is 1. The SMILES string of the molecule is CN1CCCC(N2CCN(C(=O)c3cc(C4CC4)on3)CC2)C1. The van der Waals surface area contributed by atoms with Crippen molar-refractivity contribution in [2.75, 3.05) is 46.3 Å². The molecule has 126 valence electrons. The van der Waals surface area contributed by atoms with E-state index < -0.39 is 0 Å². The smallest absolute Gasteiger partial charge is 0.276 e. The van der Waals surface area contributed by atoms with Crippen molar-refractivity contribution in [3.8, 4) is 0 Å². The summed E-state index contributed by atoms with van der Waals surface area (Å²) in [4.78, 5) is 19.5. The standard InChI is InChI=1S/C17H26N4O2/c1-19-6-2-3-14(12-19)20-7-9-21(10-8-20)17(22)15-11-16(23-18-15)13-4-5-13/h11,13-14H,2-10,12H2,1H3. The third-order valence-electron chi connectivity index (χ3n) is 5.44. The molecule has 1 amide bonds. The van der Waals surface area contributed by atoms with Crippen LogP contribution in [-0.2, 0) is 0 Å².